The average molecular weight is 262 g/mol. The smallest absolute Gasteiger partial charge is 0.354 e. The first-order chi connectivity index (χ1) is 9.08. The van der Waals surface area contributed by atoms with E-state index in [9.17, 15) is 9.59 Å². The third-order valence-electron chi connectivity index (χ3n) is 3.49. The number of carbonyl (C=O) groups is 2. The summed E-state index contributed by atoms with van der Waals surface area (Å²) in [6, 6.07) is 4.52. The maximum absolute atomic E-state index is 12.3. The Kier molecular flexibility index (Phi) is 4.14. The van der Waals surface area contributed by atoms with Gasteiger partial charge in [0, 0.05) is 13.1 Å². The van der Waals surface area contributed by atoms with Gasteiger partial charge in [-0.3, -0.25) is 4.79 Å². The van der Waals surface area contributed by atoms with Crippen LogP contribution < -0.4 is 0 Å². The Hall–Kier alpha value is -1.91. The molecule has 1 aliphatic rings. The molecule has 0 spiro atoms. The van der Waals surface area contributed by atoms with Crippen molar-refractivity contribution < 1.29 is 14.7 Å². The molecule has 2 rings (SSSR count). The lowest BCUT2D eigenvalue weighted by atomic mass is 10.0. The van der Waals surface area contributed by atoms with E-state index < -0.39 is 5.97 Å². The van der Waals surface area contributed by atoms with Gasteiger partial charge in [0.25, 0.3) is 5.91 Å². The van der Waals surface area contributed by atoms with Gasteiger partial charge in [-0.1, -0.05) is 13.0 Å². The first-order valence-corrected chi connectivity index (χ1v) is 6.57. The van der Waals surface area contributed by atoms with E-state index in [4.69, 9.17) is 5.11 Å². The van der Waals surface area contributed by atoms with E-state index in [0.29, 0.717) is 5.92 Å². The molecule has 102 valence electrons. The molecule has 0 saturated carbocycles. The van der Waals surface area contributed by atoms with E-state index in [1.54, 1.807) is 17.0 Å². The topological polar surface area (TPSA) is 70.5 Å². The van der Waals surface area contributed by atoms with Crippen molar-refractivity contribution in [2.75, 3.05) is 13.1 Å². The van der Waals surface area contributed by atoms with E-state index in [-0.39, 0.29) is 17.3 Å². The number of carboxylic acids is 1. The van der Waals surface area contributed by atoms with Crippen LogP contribution in [-0.2, 0) is 0 Å². The fraction of sp³-hybridized carbons (Fsp3) is 0.500. The number of aromatic carboxylic acids is 1. The van der Waals surface area contributed by atoms with Crippen LogP contribution in [0.1, 0.15) is 47.2 Å². The van der Waals surface area contributed by atoms with Gasteiger partial charge in [-0.15, -0.1) is 0 Å². The van der Waals surface area contributed by atoms with Crippen LogP contribution in [0.25, 0.3) is 0 Å². The number of hydrogen-bond donors (Lipinski definition) is 1. The van der Waals surface area contributed by atoms with Crippen molar-refractivity contribution in [2.45, 2.75) is 26.2 Å². The van der Waals surface area contributed by atoms with Crippen molar-refractivity contribution >= 4 is 11.9 Å². The Labute approximate surface area is 112 Å². The van der Waals surface area contributed by atoms with Gasteiger partial charge in [0.05, 0.1) is 0 Å². The molecule has 0 aromatic carbocycles. The highest BCUT2D eigenvalue weighted by atomic mass is 16.4. The zero-order valence-corrected chi connectivity index (χ0v) is 11.0. The zero-order valence-electron chi connectivity index (χ0n) is 11.0. The van der Waals surface area contributed by atoms with Crippen LogP contribution in [0.5, 0.6) is 0 Å². The van der Waals surface area contributed by atoms with Crippen molar-refractivity contribution in [1.82, 2.24) is 9.88 Å². The fourth-order valence-corrected chi connectivity index (χ4v) is 2.30. The van der Waals surface area contributed by atoms with Gasteiger partial charge >= 0.3 is 5.97 Å². The number of carboxylic acid groups (broad SMARTS) is 1. The quantitative estimate of drug-likeness (QED) is 0.885. The molecular weight excluding hydrogens is 244 g/mol. The summed E-state index contributed by atoms with van der Waals surface area (Å²) in [6.07, 6.45) is 3.11. The Morgan fingerprint density at radius 3 is 2.74 bits per heavy atom. The Morgan fingerprint density at radius 1 is 1.26 bits per heavy atom. The molecule has 2 heterocycles. The van der Waals surface area contributed by atoms with Crippen LogP contribution in [0.15, 0.2) is 18.2 Å². The minimum atomic E-state index is -1.11. The summed E-state index contributed by atoms with van der Waals surface area (Å²) in [7, 11) is 0. The van der Waals surface area contributed by atoms with Crippen LogP contribution in [0.4, 0.5) is 0 Å². The number of aromatic nitrogens is 1. The lowest BCUT2D eigenvalue weighted by Crippen LogP contribution is -2.32. The molecule has 5 nitrogen and oxygen atoms in total. The number of hydrogen-bond acceptors (Lipinski definition) is 3. The number of amides is 1. The molecule has 1 aliphatic heterocycles. The number of nitrogens with zero attached hydrogens (tertiary/aromatic N) is 2. The normalized spacial score (nSPS) is 19.8. The first kappa shape index (κ1) is 13.5. The molecule has 0 radical (unpaired) electrons. The van der Waals surface area contributed by atoms with E-state index in [2.05, 4.69) is 11.9 Å². The van der Waals surface area contributed by atoms with Gasteiger partial charge in [0.1, 0.15) is 11.4 Å². The molecule has 1 fully saturated rings. The molecule has 0 bridgehead atoms. The average Bonchev–Trinajstić information content (AvgIpc) is 2.63. The predicted octanol–water partition coefficient (Wildman–Crippen LogP) is 2.04. The highest BCUT2D eigenvalue weighted by molar-refractivity contribution is 5.94. The van der Waals surface area contributed by atoms with Crippen molar-refractivity contribution in [3.05, 3.63) is 29.6 Å². The Bertz CT molecular complexity index is 487. The van der Waals surface area contributed by atoms with E-state index >= 15 is 0 Å². The lowest BCUT2D eigenvalue weighted by Gasteiger charge is -2.20. The molecule has 1 amide bonds. The number of pyridine rings is 1. The Morgan fingerprint density at radius 2 is 2.00 bits per heavy atom. The first-order valence-electron chi connectivity index (χ1n) is 6.57. The van der Waals surface area contributed by atoms with Gasteiger partial charge in [-0.2, -0.15) is 0 Å². The van der Waals surface area contributed by atoms with Crippen LogP contribution in [0.2, 0.25) is 0 Å². The Balaban J connectivity index is 2.14. The maximum atomic E-state index is 12.3. The van der Waals surface area contributed by atoms with Crippen molar-refractivity contribution in [3.63, 3.8) is 0 Å². The van der Waals surface area contributed by atoms with Crippen molar-refractivity contribution in [1.29, 1.82) is 0 Å². The molecule has 5 heteroatoms. The minimum Gasteiger partial charge on any atom is -0.477 e. The highest BCUT2D eigenvalue weighted by Crippen LogP contribution is 2.17. The summed E-state index contributed by atoms with van der Waals surface area (Å²) in [5.41, 5.74) is 0.128. The van der Waals surface area contributed by atoms with Gasteiger partial charge in [-0.05, 0) is 37.3 Å². The van der Waals surface area contributed by atoms with Crippen LogP contribution >= 0.6 is 0 Å². The third-order valence-corrected chi connectivity index (χ3v) is 3.49. The van der Waals surface area contributed by atoms with Crippen molar-refractivity contribution in [2.24, 2.45) is 5.92 Å². The number of likely N-dealkylation sites (tertiary alicyclic amines) is 1. The van der Waals surface area contributed by atoms with E-state index in [1.807, 2.05) is 0 Å². The number of carbonyl (C=O) groups excluding carboxylic acids is 1. The highest BCUT2D eigenvalue weighted by Gasteiger charge is 2.21. The standard InChI is InChI=1S/C14H18N2O3/c1-10-4-3-8-16(9-7-10)13(17)11-5-2-6-12(15-11)14(18)19/h2,5-6,10H,3-4,7-9H2,1H3,(H,18,19). The van der Waals surface area contributed by atoms with Crippen molar-refractivity contribution in [3.8, 4) is 0 Å². The monoisotopic (exact) mass is 262 g/mol. The maximum Gasteiger partial charge on any atom is 0.354 e. The summed E-state index contributed by atoms with van der Waals surface area (Å²) in [4.78, 5) is 28.8. The fourth-order valence-electron chi connectivity index (χ4n) is 2.30. The van der Waals surface area contributed by atoms with E-state index in [0.717, 1.165) is 32.4 Å². The predicted molar refractivity (Wildman–Crippen MR) is 70.1 cm³/mol. The minimum absolute atomic E-state index is 0.0889. The summed E-state index contributed by atoms with van der Waals surface area (Å²) in [5, 5.41) is 8.89. The van der Waals surface area contributed by atoms with Crippen LogP contribution in [-0.4, -0.2) is 40.0 Å². The second-order valence-corrected chi connectivity index (χ2v) is 5.04. The molecule has 1 saturated heterocycles. The van der Waals surface area contributed by atoms with Gasteiger partial charge < -0.3 is 10.0 Å². The summed E-state index contributed by atoms with van der Waals surface area (Å²) in [5.74, 6) is -0.646. The largest absolute Gasteiger partial charge is 0.477 e. The molecule has 1 aromatic heterocycles. The lowest BCUT2D eigenvalue weighted by molar-refractivity contribution is 0.0690. The zero-order chi connectivity index (χ0) is 13.8. The van der Waals surface area contributed by atoms with Gasteiger partial charge in [0.15, 0.2) is 0 Å². The molecular formula is C14H18N2O3. The summed E-state index contributed by atoms with van der Waals surface area (Å²) < 4.78 is 0. The van der Waals surface area contributed by atoms with Gasteiger partial charge in [0.2, 0.25) is 0 Å². The molecule has 1 aromatic rings. The molecule has 1 atom stereocenters. The molecule has 19 heavy (non-hydrogen) atoms. The summed E-state index contributed by atoms with van der Waals surface area (Å²) in [6.45, 7) is 3.64. The van der Waals surface area contributed by atoms with E-state index in [1.165, 1.54) is 6.07 Å². The molecule has 0 aliphatic carbocycles. The summed E-state index contributed by atoms with van der Waals surface area (Å²) >= 11 is 0. The second kappa shape index (κ2) is 5.82. The molecule has 1 unspecified atom stereocenters. The molecule has 1 N–H and O–H groups in total. The SMILES string of the molecule is CC1CCCN(C(=O)c2cccc(C(=O)O)n2)CC1. The van der Waals surface area contributed by atoms with Crippen LogP contribution in [0.3, 0.4) is 0 Å². The second-order valence-electron chi connectivity index (χ2n) is 5.04. The van der Waals surface area contributed by atoms with Gasteiger partial charge in [-0.25, -0.2) is 9.78 Å². The third kappa shape index (κ3) is 3.30. The van der Waals surface area contributed by atoms with Crippen LogP contribution in [0, 0.1) is 5.92 Å². The number of rotatable bonds is 2.